The van der Waals surface area contributed by atoms with Gasteiger partial charge in [-0.05, 0) is 25.5 Å². The van der Waals surface area contributed by atoms with Gasteiger partial charge in [-0.2, -0.15) is 0 Å². The lowest BCUT2D eigenvalue weighted by Crippen LogP contribution is -2.47. The lowest BCUT2D eigenvalue weighted by atomic mass is 10.2. The summed E-state index contributed by atoms with van der Waals surface area (Å²) in [5.41, 5.74) is 1.24. The van der Waals surface area contributed by atoms with Gasteiger partial charge in [0.05, 0.1) is 18.1 Å². The largest absolute Gasteiger partial charge is 0.351 e. The van der Waals surface area contributed by atoms with Gasteiger partial charge in [0.25, 0.3) is 0 Å². The van der Waals surface area contributed by atoms with Crippen molar-refractivity contribution in [3.8, 4) is 0 Å². The molecule has 1 atom stereocenters. The summed E-state index contributed by atoms with van der Waals surface area (Å²) in [6.45, 7) is 5.05. The Kier molecular flexibility index (Phi) is 4.82. The summed E-state index contributed by atoms with van der Waals surface area (Å²) < 4.78 is 23.0. The first-order chi connectivity index (χ1) is 9.35. The molecule has 1 unspecified atom stereocenters. The van der Waals surface area contributed by atoms with Gasteiger partial charge in [-0.3, -0.25) is 4.79 Å². The van der Waals surface area contributed by atoms with E-state index in [1.165, 1.54) is 10.4 Å². The van der Waals surface area contributed by atoms with Gasteiger partial charge in [0.2, 0.25) is 5.91 Å². The first-order valence-corrected chi connectivity index (χ1v) is 9.26. The van der Waals surface area contributed by atoms with Crippen molar-refractivity contribution in [3.63, 3.8) is 0 Å². The van der Waals surface area contributed by atoms with E-state index < -0.39 is 9.84 Å². The number of hydrogen-bond acceptors (Lipinski definition) is 5. The molecule has 1 aromatic rings. The Hall–Kier alpha value is -0.920. The van der Waals surface area contributed by atoms with Crippen LogP contribution in [0.4, 0.5) is 0 Å². The fourth-order valence-corrected chi connectivity index (χ4v) is 4.65. The van der Waals surface area contributed by atoms with Crippen molar-refractivity contribution in [2.75, 3.05) is 18.1 Å². The van der Waals surface area contributed by atoms with Crippen LogP contribution in [0, 0.1) is 13.8 Å². The summed E-state index contributed by atoms with van der Waals surface area (Å²) >= 11 is 1.68. The van der Waals surface area contributed by atoms with Gasteiger partial charge in [0.15, 0.2) is 9.84 Å². The molecule has 2 N–H and O–H groups in total. The maximum Gasteiger partial charge on any atom is 0.221 e. The highest BCUT2D eigenvalue weighted by molar-refractivity contribution is 7.91. The van der Waals surface area contributed by atoms with Gasteiger partial charge in [-0.25, -0.2) is 8.42 Å². The normalized spacial score (nSPS) is 21.6. The Morgan fingerprint density at radius 1 is 1.50 bits per heavy atom. The van der Waals surface area contributed by atoms with Crippen LogP contribution in [0.3, 0.4) is 0 Å². The Bertz CT molecular complexity index is 573. The third kappa shape index (κ3) is 4.29. The van der Waals surface area contributed by atoms with Crippen LogP contribution in [-0.4, -0.2) is 38.4 Å². The molecule has 1 fully saturated rings. The van der Waals surface area contributed by atoms with E-state index >= 15 is 0 Å². The maximum atomic E-state index is 11.8. The highest BCUT2D eigenvalue weighted by Gasteiger charge is 2.25. The molecule has 0 spiro atoms. The molecule has 0 aliphatic carbocycles. The Morgan fingerprint density at radius 2 is 2.25 bits per heavy atom. The van der Waals surface area contributed by atoms with Crippen LogP contribution in [0.5, 0.6) is 0 Å². The van der Waals surface area contributed by atoms with Crippen LogP contribution in [0.1, 0.15) is 21.7 Å². The number of thiophene rings is 1. The number of amides is 1. The van der Waals surface area contributed by atoms with Gasteiger partial charge in [-0.1, -0.05) is 0 Å². The summed E-state index contributed by atoms with van der Waals surface area (Å²) in [6, 6.07) is 1.81. The van der Waals surface area contributed by atoms with E-state index in [0.717, 1.165) is 4.88 Å². The van der Waals surface area contributed by atoms with E-state index in [2.05, 4.69) is 23.6 Å². The Balaban J connectivity index is 1.81. The average molecular weight is 316 g/mol. The zero-order valence-electron chi connectivity index (χ0n) is 11.7. The SMILES string of the molecule is Cc1cc(CNC(=O)CC2CS(=O)(=O)CCN2)sc1C. The molecule has 1 aliphatic heterocycles. The van der Waals surface area contributed by atoms with Crippen molar-refractivity contribution < 1.29 is 13.2 Å². The first-order valence-electron chi connectivity index (χ1n) is 6.62. The highest BCUT2D eigenvalue weighted by atomic mass is 32.2. The molecule has 0 bridgehead atoms. The molecule has 112 valence electrons. The molecular weight excluding hydrogens is 296 g/mol. The third-order valence-corrected chi connectivity index (χ3v) is 6.30. The van der Waals surface area contributed by atoms with Gasteiger partial charge in [0.1, 0.15) is 0 Å². The lowest BCUT2D eigenvalue weighted by molar-refractivity contribution is -0.121. The molecule has 7 heteroatoms. The van der Waals surface area contributed by atoms with Gasteiger partial charge >= 0.3 is 0 Å². The van der Waals surface area contributed by atoms with Gasteiger partial charge < -0.3 is 10.6 Å². The predicted molar refractivity (Wildman–Crippen MR) is 80.7 cm³/mol. The van der Waals surface area contributed by atoms with Crippen LogP contribution >= 0.6 is 11.3 Å². The second-order valence-electron chi connectivity index (χ2n) is 5.20. The number of sulfone groups is 1. The second-order valence-corrected chi connectivity index (χ2v) is 8.77. The molecule has 2 rings (SSSR count). The summed E-state index contributed by atoms with van der Waals surface area (Å²) in [6.07, 6.45) is 0.211. The highest BCUT2D eigenvalue weighted by Crippen LogP contribution is 2.20. The smallest absolute Gasteiger partial charge is 0.221 e. The number of hydrogen-bond donors (Lipinski definition) is 2. The van der Waals surface area contributed by atoms with Crippen molar-refractivity contribution in [1.82, 2.24) is 10.6 Å². The first kappa shape index (κ1) is 15.5. The number of carbonyl (C=O) groups is 1. The minimum absolute atomic E-state index is 0.0532. The molecule has 2 heterocycles. The quantitative estimate of drug-likeness (QED) is 0.860. The van der Waals surface area contributed by atoms with E-state index in [4.69, 9.17) is 0 Å². The molecule has 20 heavy (non-hydrogen) atoms. The average Bonchev–Trinajstić information content (AvgIpc) is 2.65. The van der Waals surface area contributed by atoms with Crippen LogP contribution in [0.25, 0.3) is 0 Å². The van der Waals surface area contributed by atoms with E-state index in [1.807, 2.05) is 6.92 Å². The van der Waals surface area contributed by atoms with E-state index in [1.54, 1.807) is 11.3 Å². The van der Waals surface area contributed by atoms with Gasteiger partial charge in [0, 0.05) is 28.8 Å². The van der Waals surface area contributed by atoms with Gasteiger partial charge in [-0.15, -0.1) is 11.3 Å². The summed E-state index contributed by atoms with van der Waals surface area (Å²) in [5.74, 6) is 0.111. The molecule has 0 aromatic carbocycles. The lowest BCUT2D eigenvalue weighted by Gasteiger charge is -2.23. The fourth-order valence-electron chi connectivity index (χ4n) is 2.22. The molecule has 1 amide bonds. The molecule has 1 aromatic heterocycles. The van der Waals surface area contributed by atoms with Crippen LogP contribution in [-0.2, 0) is 21.2 Å². The fraction of sp³-hybridized carbons (Fsp3) is 0.615. The zero-order chi connectivity index (χ0) is 14.8. The summed E-state index contributed by atoms with van der Waals surface area (Å²) in [4.78, 5) is 14.2. The van der Waals surface area contributed by atoms with Crippen molar-refractivity contribution in [2.24, 2.45) is 0 Å². The number of nitrogens with one attached hydrogen (secondary N) is 2. The summed E-state index contributed by atoms with van der Waals surface area (Å²) in [5, 5.41) is 5.93. The monoisotopic (exact) mass is 316 g/mol. The zero-order valence-corrected chi connectivity index (χ0v) is 13.4. The molecule has 1 saturated heterocycles. The van der Waals surface area contributed by atoms with E-state index in [-0.39, 0.29) is 29.9 Å². The van der Waals surface area contributed by atoms with Crippen LogP contribution in [0.15, 0.2) is 6.07 Å². The van der Waals surface area contributed by atoms with Crippen LogP contribution < -0.4 is 10.6 Å². The molecule has 1 aliphatic rings. The Morgan fingerprint density at radius 3 is 2.85 bits per heavy atom. The van der Waals surface area contributed by atoms with E-state index in [9.17, 15) is 13.2 Å². The number of aryl methyl sites for hydroxylation is 2. The van der Waals surface area contributed by atoms with Crippen molar-refractivity contribution >= 4 is 27.1 Å². The minimum Gasteiger partial charge on any atom is -0.351 e. The maximum absolute atomic E-state index is 11.8. The minimum atomic E-state index is -2.99. The summed E-state index contributed by atoms with van der Waals surface area (Å²) in [7, 11) is -2.99. The molecule has 0 saturated carbocycles. The van der Waals surface area contributed by atoms with Crippen molar-refractivity contribution in [2.45, 2.75) is 32.9 Å². The standard InChI is InChI=1S/C13H20N2O3S2/c1-9-5-12(19-10(9)2)7-15-13(16)6-11-8-20(17,18)4-3-14-11/h5,11,14H,3-4,6-8H2,1-2H3,(H,15,16). The molecule has 0 radical (unpaired) electrons. The van der Waals surface area contributed by atoms with E-state index in [0.29, 0.717) is 13.1 Å². The Labute approximate surface area is 123 Å². The predicted octanol–water partition coefficient (Wildman–Crippen LogP) is 0.758. The second kappa shape index (κ2) is 6.24. The van der Waals surface area contributed by atoms with Crippen molar-refractivity contribution in [1.29, 1.82) is 0 Å². The topological polar surface area (TPSA) is 75.3 Å². The van der Waals surface area contributed by atoms with Crippen molar-refractivity contribution in [3.05, 3.63) is 21.4 Å². The molecule has 5 nitrogen and oxygen atoms in total. The van der Waals surface area contributed by atoms with Crippen LogP contribution in [0.2, 0.25) is 0 Å². The molecular formula is C13H20N2O3S2. The third-order valence-electron chi connectivity index (χ3n) is 3.41. The number of rotatable bonds is 4. The number of carbonyl (C=O) groups excluding carboxylic acids is 1.